The van der Waals surface area contributed by atoms with Crippen LogP contribution in [-0.4, -0.2) is 47.8 Å². The standard InChI is InChI=1S/C21H28F2N2O2/c22-18-9-8-17(19(23)14-18)7-6-16-4-3-12-25(15-16)21(27)10-13-24-11-2-1-5-20(24)26/h8-9,14,16H,1-7,10-13,15H2/t16-/m1/s1. The molecule has 148 valence electrons. The Labute approximate surface area is 159 Å². The van der Waals surface area contributed by atoms with E-state index in [9.17, 15) is 18.4 Å². The highest BCUT2D eigenvalue weighted by Crippen LogP contribution is 2.23. The summed E-state index contributed by atoms with van der Waals surface area (Å²) in [4.78, 5) is 28.1. The quantitative estimate of drug-likeness (QED) is 0.760. The lowest BCUT2D eigenvalue weighted by molar-refractivity contribution is -0.136. The number of carbonyl (C=O) groups is 2. The number of hydrogen-bond acceptors (Lipinski definition) is 2. The van der Waals surface area contributed by atoms with Crippen LogP contribution in [0.1, 0.15) is 50.5 Å². The summed E-state index contributed by atoms with van der Waals surface area (Å²) in [6.45, 7) is 2.72. The molecule has 0 unspecified atom stereocenters. The number of rotatable bonds is 6. The van der Waals surface area contributed by atoms with Gasteiger partial charge < -0.3 is 9.80 Å². The molecule has 0 N–H and O–H groups in total. The monoisotopic (exact) mass is 378 g/mol. The predicted octanol–water partition coefficient (Wildman–Crippen LogP) is 3.54. The first-order valence-corrected chi connectivity index (χ1v) is 10.0. The van der Waals surface area contributed by atoms with Crippen LogP contribution in [0.3, 0.4) is 0 Å². The Balaban J connectivity index is 1.45. The summed E-state index contributed by atoms with van der Waals surface area (Å²) in [6, 6.07) is 3.72. The molecule has 1 atom stereocenters. The molecule has 2 heterocycles. The zero-order valence-electron chi connectivity index (χ0n) is 15.8. The molecule has 0 radical (unpaired) electrons. The smallest absolute Gasteiger partial charge is 0.224 e. The van der Waals surface area contributed by atoms with Gasteiger partial charge in [-0.25, -0.2) is 8.78 Å². The summed E-state index contributed by atoms with van der Waals surface area (Å²) in [7, 11) is 0. The Morgan fingerprint density at radius 2 is 2.00 bits per heavy atom. The van der Waals surface area contributed by atoms with Crippen LogP contribution in [0.25, 0.3) is 0 Å². The van der Waals surface area contributed by atoms with E-state index in [1.54, 1.807) is 4.90 Å². The molecule has 0 aromatic heterocycles. The molecule has 3 rings (SSSR count). The molecule has 2 amide bonds. The summed E-state index contributed by atoms with van der Waals surface area (Å²) < 4.78 is 26.8. The number of nitrogens with zero attached hydrogens (tertiary/aromatic N) is 2. The number of amides is 2. The van der Waals surface area contributed by atoms with E-state index in [1.165, 1.54) is 12.1 Å². The van der Waals surface area contributed by atoms with Crippen LogP contribution in [0.4, 0.5) is 8.78 Å². The minimum atomic E-state index is -0.558. The Morgan fingerprint density at radius 1 is 1.15 bits per heavy atom. The predicted molar refractivity (Wildman–Crippen MR) is 99.0 cm³/mol. The van der Waals surface area contributed by atoms with Crippen LogP contribution in [0.15, 0.2) is 18.2 Å². The van der Waals surface area contributed by atoms with Gasteiger partial charge in [0.05, 0.1) is 0 Å². The topological polar surface area (TPSA) is 40.6 Å². The maximum absolute atomic E-state index is 13.8. The van der Waals surface area contributed by atoms with Crippen molar-refractivity contribution in [3.8, 4) is 0 Å². The van der Waals surface area contributed by atoms with Crippen molar-refractivity contribution in [2.75, 3.05) is 26.2 Å². The first-order valence-electron chi connectivity index (χ1n) is 10.0. The zero-order chi connectivity index (χ0) is 19.2. The summed E-state index contributed by atoms with van der Waals surface area (Å²) in [5.41, 5.74) is 0.531. The van der Waals surface area contributed by atoms with Gasteiger partial charge in [-0.2, -0.15) is 0 Å². The lowest BCUT2D eigenvalue weighted by atomic mass is 9.91. The van der Waals surface area contributed by atoms with Crippen molar-refractivity contribution in [2.45, 2.75) is 51.4 Å². The van der Waals surface area contributed by atoms with E-state index in [-0.39, 0.29) is 11.8 Å². The van der Waals surface area contributed by atoms with E-state index in [1.807, 2.05) is 4.90 Å². The van der Waals surface area contributed by atoms with E-state index in [4.69, 9.17) is 0 Å². The highest BCUT2D eigenvalue weighted by molar-refractivity contribution is 5.79. The molecule has 6 heteroatoms. The fraction of sp³-hybridized carbons (Fsp3) is 0.619. The van der Waals surface area contributed by atoms with Crippen molar-refractivity contribution in [3.05, 3.63) is 35.4 Å². The fourth-order valence-corrected chi connectivity index (χ4v) is 4.10. The van der Waals surface area contributed by atoms with Crippen molar-refractivity contribution in [1.29, 1.82) is 0 Å². The van der Waals surface area contributed by atoms with Crippen LogP contribution in [-0.2, 0) is 16.0 Å². The molecule has 2 aliphatic rings. The van der Waals surface area contributed by atoms with Gasteiger partial charge in [0, 0.05) is 45.1 Å². The van der Waals surface area contributed by atoms with Crippen LogP contribution in [0, 0.1) is 17.6 Å². The summed E-state index contributed by atoms with van der Waals surface area (Å²) in [5, 5.41) is 0. The molecule has 2 fully saturated rings. The minimum absolute atomic E-state index is 0.103. The van der Waals surface area contributed by atoms with E-state index in [0.717, 1.165) is 51.3 Å². The Bertz CT molecular complexity index is 680. The number of carbonyl (C=O) groups excluding carboxylic acids is 2. The maximum atomic E-state index is 13.8. The zero-order valence-corrected chi connectivity index (χ0v) is 15.8. The highest BCUT2D eigenvalue weighted by atomic mass is 19.1. The second-order valence-electron chi connectivity index (χ2n) is 7.71. The maximum Gasteiger partial charge on any atom is 0.224 e. The van der Waals surface area contributed by atoms with Crippen molar-refractivity contribution >= 4 is 11.8 Å². The van der Waals surface area contributed by atoms with Gasteiger partial charge >= 0.3 is 0 Å². The van der Waals surface area contributed by atoms with Crippen LogP contribution in [0.2, 0.25) is 0 Å². The van der Waals surface area contributed by atoms with Crippen molar-refractivity contribution < 1.29 is 18.4 Å². The molecule has 27 heavy (non-hydrogen) atoms. The van der Waals surface area contributed by atoms with Gasteiger partial charge in [0.1, 0.15) is 11.6 Å². The molecule has 0 aliphatic carbocycles. The molecule has 0 bridgehead atoms. The molecular weight excluding hydrogens is 350 g/mol. The van der Waals surface area contributed by atoms with E-state index in [2.05, 4.69) is 0 Å². The van der Waals surface area contributed by atoms with Gasteiger partial charge in [-0.05, 0) is 56.1 Å². The Morgan fingerprint density at radius 3 is 2.78 bits per heavy atom. The highest BCUT2D eigenvalue weighted by Gasteiger charge is 2.25. The molecular formula is C21H28F2N2O2. The number of piperidine rings is 2. The second kappa shape index (κ2) is 9.29. The third kappa shape index (κ3) is 5.50. The van der Waals surface area contributed by atoms with Crippen molar-refractivity contribution in [1.82, 2.24) is 9.80 Å². The number of aryl methyl sites for hydroxylation is 1. The van der Waals surface area contributed by atoms with E-state index in [0.29, 0.717) is 43.8 Å². The van der Waals surface area contributed by atoms with Gasteiger partial charge in [-0.1, -0.05) is 6.07 Å². The van der Waals surface area contributed by atoms with Gasteiger partial charge in [-0.15, -0.1) is 0 Å². The number of benzene rings is 1. The third-order valence-corrected chi connectivity index (χ3v) is 5.73. The average Bonchev–Trinajstić information content (AvgIpc) is 2.67. The fourth-order valence-electron chi connectivity index (χ4n) is 4.10. The molecule has 4 nitrogen and oxygen atoms in total. The lowest BCUT2D eigenvalue weighted by Gasteiger charge is -2.34. The first kappa shape index (κ1) is 19.8. The van der Waals surface area contributed by atoms with E-state index < -0.39 is 11.6 Å². The molecule has 0 spiro atoms. The van der Waals surface area contributed by atoms with Crippen LogP contribution >= 0.6 is 0 Å². The SMILES string of the molecule is O=C1CCCCN1CCC(=O)N1CCC[C@H](CCc2ccc(F)cc2F)C1. The summed E-state index contributed by atoms with van der Waals surface area (Å²) in [5.74, 6) is -0.454. The number of halogens is 2. The van der Waals surface area contributed by atoms with E-state index >= 15 is 0 Å². The normalized spacial score (nSPS) is 20.8. The molecule has 1 aromatic rings. The lowest BCUT2D eigenvalue weighted by Crippen LogP contribution is -2.43. The minimum Gasteiger partial charge on any atom is -0.342 e. The van der Waals surface area contributed by atoms with Gasteiger partial charge in [-0.3, -0.25) is 9.59 Å². The molecule has 2 saturated heterocycles. The van der Waals surface area contributed by atoms with Gasteiger partial charge in [0.2, 0.25) is 11.8 Å². The van der Waals surface area contributed by atoms with Crippen LogP contribution < -0.4 is 0 Å². The van der Waals surface area contributed by atoms with Gasteiger partial charge in [0.15, 0.2) is 0 Å². The largest absolute Gasteiger partial charge is 0.342 e. The van der Waals surface area contributed by atoms with Crippen molar-refractivity contribution in [2.24, 2.45) is 5.92 Å². The Kier molecular flexibility index (Phi) is 6.80. The van der Waals surface area contributed by atoms with Gasteiger partial charge in [0.25, 0.3) is 0 Å². The number of hydrogen-bond donors (Lipinski definition) is 0. The van der Waals surface area contributed by atoms with Crippen LogP contribution in [0.5, 0.6) is 0 Å². The molecule has 2 aliphatic heterocycles. The molecule has 0 saturated carbocycles. The average molecular weight is 378 g/mol. The first-order chi connectivity index (χ1) is 13.0. The summed E-state index contributed by atoms with van der Waals surface area (Å²) >= 11 is 0. The third-order valence-electron chi connectivity index (χ3n) is 5.73. The molecule has 1 aromatic carbocycles. The van der Waals surface area contributed by atoms with Crippen molar-refractivity contribution in [3.63, 3.8) is 0 Å². The summed E-state index contributed by atoms with van der Waals surface area (Å²) in [6.07, 6.45) is 6.27. The number of likely N-dealkylation sites (tertiary alicyclic amines) is 2. The second-order valence-corrected chi connectivity index (χ2v) is 7.71. The Hall–Kier alpha value is -1.98.